The van der Waals surface area contributed by atoms with Crippen LogP contribution in [0.15, 0.2) is 24.3 Å². The lowest BCUT2D eigenvalue weighted by Crippen LogP contribution is -2.30. The first-order chi connectivity index (χ1) is 12.1. The molecule has 2 rings (SSSR count). The number of ketones is 1. The molecule has 1 aliphatic rings. The largest absolute Gasteiger partial charge is 0.342 e. The molecule has 1 amide bonds. The lowest BCUT2D eigenvalue weighted by atomic mass is 10.0. The summed E-state index contributed by atoms with van der Waals surface area (Å²) in [5.74, 6) is 0.729. The molecule has 1 N–H and O–H groups in total. The Balaban J connectivity index is 1.75. The van der Waals surface area contributed by atoms with E-state index < -0.39 is 0 Å². The summed E-state index contributed by atoms with van der Waals surface area (Å²) >= 11 is 0. The predicted octanol–water partition coefficient (Wildman–Crippen LogP) is 3.45. The van der Waals surface area contributed by atoms with E-state index in [9.17, 15) is 9.59 Å². The van der Waals surface area contributed by atoms with Gasteiger partial charge in [-0.05, 0) is 44.3 Å². The van der Waals surface area contributed by atoms with Gasteiger partial charge >= 0.3 is 0 Å². The van der Waals surface area contributed by atoms with E-state index in [2.05, 4.69) is 12.2 Å². The minimum absolute atomic E-state index is 0.0689. The first kappa shape index (κ1) is 19.6. The number of nitrogens with one attached hydrogen (secondary N) is 1. The maximum absolute atomic E-state index is 12.3. The molecule has 1 aromatic rings. The van der Waals surface area contributed by atoms with E-state index in [0.29, 0.717) is 18.8 Å². The van der Waals surface area contributed by atoms with Gasteiger partial charge in [0.1, 0.15) is 0 Å². The van der Waals surface area contributed by atoms with Gasteiger partial charge in [0.05, 0.1) is 0 Å². The number of nitrogens with zero attached hydrogens (tertiary/aromatic N) is 1. The van der Waals surface area contributed by atoms with Crippen molar-refractivity contribution in [3.8, 4) is 0 Å². The summed E-state index contributed by atoms with van der Waals surface area (Å²) in [5.41, 5.74) is 2.01. The van der Waals surface area contributed by atoms with Gasteiger partial charge in [0.25, 0.3) is 0 Å². The summed E-state index contributed by atoms with van der Waals surface area (Å²) in [7, 11) is 1.94. The van der Waals surface area contributed by atoms with Gasteiger partial charge in [-0.2, -0.15) is 0 Å². The van der Waals surface area contributed by atoms with Gasteiger partial charge in [-0.15, -0.1) is 0 Å². The third-order valence-electron chi connectivity index (χ3n) is 5.04. The number of Topliss-reactive ketones (excluding diaryl/α,β-unsaturated/α-hetero) is 1. The highest BCUT2D eigenvalue weighted by Gasteiger charge is 2.25. The monoisotopic (exact) mass is 344 g/mol. The normalized spacial score (nSPS) is 17.0. The molecule has 0 bridgehead atoms. The molecule has 1 saturated heterocycles. The van der Waals surface area contributed by atoms with Gasteiger partial charge in [-0.1, -0.05) is 44.0 Å². The standard InChI is InChI=1S/C21H32N2O2/c1-3-4-5-6-17-7-9-19(10-8-17)20(24)11-12-21(25)23-14-13-18(16-23)15-22-2/h7-10,18,22H,3-6,11-16H2,1-2H3. The molecule has 0 aromatic heterocycles. The molecule has 1 aromatic carbocycles. The molecule has 0 radical (unpaired) electrons. The molecular weight excluding hydrogens is 312 g/mol. The molecule has 4 heteroatoms. The highest BCUT2D eigenvalue weighted by molar-refractivity contribution is 5.98. The number of hydrogen-bond acceptors (Lipinski definition) is 3. The number of likely N-dealkylation sites (tertiary alicyclic amines) is 1. The van der Waals surface area contributed by atoms with E-state index in [1.807, 2.05) is 36.2 Å². The third-order valence-corrected chi connectivity index (χ3v) is 5.04. The van der Waals surface area contributed by atoms with Gasteiger partial charge in [0, 0.05) is 31.5 Å². The van der Waals surface area contributed by atoms with Gasteiger partial charge < -0.3 is 10.2 Å². The fourth-order valence-electron chi connectivity index (χ4n) is 3.47. The Kier molecular flexibility index (Phi) is 8.13. The zero-order valence-corrected chi connectivity index (χ0v) is 15.7. The Morgan fingerprint density at radius 1 is 1.16 bits per heavy atom. The van der Waals surface area contributed by atoms with Crippen molar-refractivity contribution >= 4 is 11.7 Å². The molecular formula is C21H32N2O2. The molecule has 1 atom stereocenters. The smallest absolute Gasteiger partial charge is 0.223 e. The number of benzene rings is 1. The van der Waals surface area contributed by atoms with Crippen LogP contribution in [-0.4, -0.2) is 43.3 Å². The highest BCUT2D eigenvalue weighted by Crippen LogP contribution is 2.17. The maximum atomic E-state index is 12.3. The van der Waals surface area contributed by atoms with Crippen LogP contribution in [0.5, 0.6) is 0 Å². The Hall–Kier alpha value is -1.68. The molecule has 4 nitrogen and oxygen atoms in total. The summed E-state index contributed by atoms with van der Waals surface area (Å²) in [5, 5.41) is 3.17. The summed E-state index contributed by atoms with van der Waals surface area (Å²) in [6.45, 7) is 4.80. The fourth-order valence-corrected chi connectivity index (χ4v) is 3.47. The number of rotatable bonds is 10. The number of carbonyl (C=O) groups is 2. The lowest BCUT2D eigenvalue weighted by Gasteiger charge is -2.16. The van der Waals surface area contributed by atoms with Crippen molar-refractivity contribution in [1.82, 2.24) is 10.2 Å². The van der Waals surface area contributed by atoms with E-state index in [-0.39, 0.29) is 11.7 Å². The van der Waals surface area contributed by atoms with Crippen LogP contribution < -0.4 is 5.32 Å². The second-order valence-electron chi connectivity index (χ2n) is 7.13. The van der Waals surface area contributed by atoms with Crippen molar-refractivity contribution in [2.24, 2.45) is 5.92 Å². The number of hydrogen-bond donors (Lipinski definition) is 1. The van der Waals surface area contributed by atoms with Crippen molar-refractivity contribution in [2.75, 3.05) is 26.7 Å². The zero-order valence-electron chi connectivity index (χ0n) is 15.7. The number of amides is 1. The zero-order chi connectivity index (χ0) is 18.1. The van der Waals surface area contributed by atoms with Gasteiger partial charge in [0.15, 0.2) is 5.78 Å². The Morgan fingerprint density at radius 2 is 1.92 bits per heavy atom. The number of aryl methyl sites for hydroxylation is 1. The number of carbonyl (C=O) groups excluding carboxylic acids is 2. The minimum atomic E-state index is 0.0689. The van der Waals surface area contributed by atoms with Crippen LogP contribution in [0.1, 0.15) is 61.4 Å². The third kappa shape index (κ3) is 6.28. The Bertz CT molecular complexity index is 554. The van der Waals surface area contributed by atoms with Crippen LogP contribution in [0.3, 0.4) is 0 Å². The highest BCUT2D eigenvalue weighted by atomic mass is 16.2. The van der Waals surface area contributed by atoms with Crippen LogP contribution in [-0.2, 0) is 11.2 Å². The molecule has 1 heterocycles. The molecule has 138 valence electrons. The summed E-state index contributed by atoms with van der Waals surface area (Å²) in [6, 6.07) is 7.92. The van der Waals surface area contributed by atoms with E-state index in [1.54, 1.807) is 0 Å². The van der Waals surface area contributed by atoms with Crippen LogP contribution in [0, 0.1) is 5.92 Å². The minimum Gasteiger partial charge on any atom is -0.342 e. The average molecular weight is 344 g/mol. The molecule has 25 heavy (non-hydrogen) atoms. The first-order valence-electron chi connectivity index (χ1n) is 9.68. The first-order valence-corrected chi connectivity index (χ1v) is 9.68. The second-order valence-corrected chi connectivity index (χ2v) is 7.13. The Labute approximate surface area is 152 Å². The summed E-state index contributed by atoms with van der Waals surface area (Å²) in [4.78, 5) is 26.5. The molecule has 1 aliphatic heterocycles. The molecule has 0 saturated carbocycles. The Morgan fingerprint density at radius 3 is 2.60 bits per heavy atom. The van der Waals surface area contributed by atoms with Crippen LogP contribution in [0.4, 0.5) is 0 Å². The molecule has 1 unspecified atom stereocenters. The van der Waals surface area contributed by atoms with Gasteiger partial charge in [-0.3, -0.25) is 9.59 Å². The van der Waals surface area contributed by atoms with Crippen molar-refractivity contribution in [3.63, 3.8) is 0 Å². The quantitative estimate of drug-likeness (QED) is 0.522. The van der Waals surface area contributed by atoms with Crippen LogP contribution in [0.25, 0.3) is 0 Å². The van der Waals surface area contributed by atoms with Crippen LogP contribution in [0.2, 0.25) is 0 Å². The van der Waals surface area contributed by atoms with E-state index in [1.165, 1.54) is 24.8 Å². The average Bonchev–Trinajstić information content (AvgIpc) is 3.09. The lowest BCUT2D eigenvalue weighted by molar-refractivity contribution is -0.130. The topological polar surface area (TPSA) is 49.4 Å². The summed E-state index contributed by atoms with van der Waals surface area (Å²) in [6.07, 6.45) is 6.42. The van der Waals surface area contributed by atoms with E-state index in [0.717, 1.165) is 38.0 Å². The van der Waals surface area contributed by atoms with Crippen molar-refractivity contribution < 1.29 is 9.59 Å². The van der Waals surface area contributed by atoms with E-state index in [4.69, 9.17) is 0 Å². The predicted molar refractivity (Wildman–Crippen MR) is 102 cm³/mol. The fraction of sp³-hybridized carbons (Fsp3) is 0.619. The molecule has 1 fully saturated rings. The summed E-state index contributed by atoms with van der Waals surface area (Å²) < 4.78 is 0. The second kappa shape index (κ2) is 10.3. The molecule has 0 aliphatic carbocycles. The van der Waals surface area contributed by atoms with Gasteiger partial charge in [0.2, 0.25) is 5.91 Å². The van der Waals surface area contributed by atoms with Crippen LogP contribution >= 0.6 is 0 Å². The van der Waals surface area contributed by atoms with Crippen molar-refractivity contribution in [3.05, 3.63) is 35.4 Å². The van der Waals surface area contributed by atoms with Crippen molar-refractivity contribution in [2.45, 2.75) is 51.9 Å². The molecule has 0 spiro atoms. The van der Waals surface area contributed by atoms with Crippen molar-refractivity contribution in [1.29, 1.82) is 0 Å². The maximum Gasteiger partial charge on any atom is 0.223 e. The van der Waals surface area contributed by atoms with Gasteiger partial charge in [-0.25, -0.2) is 0 Å². The number of unbranched alkanes of at least 4 members (excludes halogenated alkanes) is 2. The van der Waals surface area contributed by atoms with E-state index >= 15 is 0 Å². The SMILES string of the molecule is CCCCCc1ccc(C(=O)CCC(=O)N2CCC(CNC)C2)cc1.